The summed E-state index contributed by atoms with van der Waals surface area (Å²) in [5.74, 6) is 0.633. The van der Waals surface area contributed by atoms with Gasteiger partial charge >= 0.3 is 0 Å². The number of rotatable bonds is 4. The lowest BCUT2D eigenvalue weighted by Gasteiger charge is -2.13. The quantitative estimate of drug-likeness (QED) is 0.930. The van der Waals surface area contributed by atoms with Crippen molar-refractivity contribution in [2.75, 3.05) is 0 Å². The van der Waals surface area contributed by atoms with Gasteiger partial charge in [0.15, 0.2) is 0 Å². The van der Waals surface area contributed by atoms with E-state index >= 15 is 0 Å². The number of aliphatic hydroxyl groups is 1. The molecule has 96 valence electrons. The molecule has 0 aliphatic heterocycles. The van der Waals surface area contributed by atoms with Crippen molar-refractivity contribution in [2.24, 2.45) is 0 Å². The number of aromatic nitrogens is 2. The minimum Gasteiger partial charge on any atom is -0.385 e. The molecule has 2 rings (SSSR count). The highest BCUT2D eigenvalue weighted by Crippen LogP contribution is 2.26. The molecule has 3 nitrogen and oxygen atoms in total. The molecule has 0 spiro atoms. The Morgan fingerprint density at radius 3 is 2.61 bits per heavy atom. The summed E-state index contributed by atoms with van der Waals surface area (Å²) in [6.45, 7) is 2.41. The zero-order chi connectivity index (χ0) is 13.1. The van der Waals surface area contributed by atoms with Crippen LogP contribution in [-0.4, -0.2) is 14.7 Å². The third-order valence-electron chi connectivity index (χ3n) is 2.82. The lowest BCUT2D eigenvalue weighted by molar-refractivity contribution is 0.159. The molecule has 5 heteroatoms. The molecule has 1 aromatic heterocycles. The van der Waals surface area contributed by atoms with Crippen LogP contribution in [0.25, 0.3) is 0 Å². The summed E-state index contributed by atoms with van der Waals surface area (Å²) in [6.07, 6.45) is 3.53. The lowest BCUT2D eigenvalue weighted by atomic mass is 10.2. The van der Waals surface area contributed by atoms with Crippen LogP contribution in [0.3, 0.4) is 0 Å². The summed E-state index contributed by atoms with van der Waals surface area (Å²) in [4.78, 5) is 4.17. The molecule has 1 atom stereocenters. The predicted molar refractivity (Wildman–Crippen MR) is 73.0 cm³/mol. The Morgan fingerprint density at radius 1 is 1.33 bits per heavy atom. The van der Waals surface area contributed by atoms with Crippen LogP contribution in [-0.2, 0) is 6.54 Å². The predicted octanol–water partition coefficient (Wildman–Crippen LogP) is 3.68. The second-order valence-corrected chi connectivity index (χ2v) is 4.85. The van der Waals surface area contributed by atoms with Crippen LogP contribution in [0.4, 0.5) is 0 Å². The molecule has 2 aromatic rings. The van der Waals surface area contributed by atoms with Crippen LogP contribution >= 0.6 is 23.2 Å². The van der Waals surface area contributed by atoms with E-state index in [9.17, 15) is 5.11 Å². The molecule has 0 aliphatic rings. The maximum Gasteiger partial charge on any atom is 0.137 e. The van der Waals surface area contributed by atoms with Crippen molar-refractivity contribution in [3.05, 3.63) is 52.0 Å². The highest BCUT2D eigenvalue weighted by Gasteiger charge is 2.14. The molecule has 0 radical (unpaired) electrons. The molecular weight excluding hydrogens is 271 g/mol. The Bertz CT molecular complexity index is 519. The van der Waals surface area contributed by atoms with Gasteiger partial charge in [-0.1, -0.05) is 36.2 Å². The number of aliphatic hydroxyl groups excluding tert-OH is 1. The van der Waals surface area contributed by atoms with Crippen LogP contribution in [0.15, 0.2) is 30.6 Å². The van der Waals surface area contributed by atoms with E-state index in [1.165, 1.54) is 0 Å². The Labute approximate surface area is 116 Å². The van der Waals surface area contributed by atoms with Gasteiger partial charge in [0, 0.05) is 28.0 Å². The monoisotopic (exact) mass is 284 g/mol. The summed E-state index contributed by atoms with van der Waals surface area (Å²) in [5.41, 5.74) is 0.836. The molecule has 0 saturated carbocycles. The van der Waals surface area contributed by atoms with Gasteiger partial charge < -0.3 is 9.67 Å². The van der Waals surface area contributed by atoms with E-state index < -0.39 is 6.10 Å². The fourth-order valence-corrected chi connectivity index (χ4v) is 2.31. The lowest BCUT2D eigenvalue weighted by Crippen LogP contribution is -2.09. The first-order valence-electron chi connectivity index (χ1n) is 5.75. The summed E-state index contributed by atoms with van der Waals surface area (Å²) < 4.78 is 1.86. The van der Waals surface area contributed by atoms with Crippen molar-refractivity contribution in [3.63, 3.8) is 0 Å². The average molecular weight is 285 g/mol. The largest absolute Gasteiger partial charge is 0.385 e. The van der Waals surface area contributed by atoms with Gasteiger partial charge in [0.25, 0.3) is 0 Å². The van der Waals surface area contributed by atoms with E-state index in [0.29, 0.717) is 28.8 Å². The number of imidazole rings is 1. The molecule has 1 heterocycles. The zero-order valence-corrected chi connectivity index (χ0v) is 11.5. The van der Waals surface area contributed by atoms with Crippen molar-refractivity contribution < 1.29 is 5.11 Å². The molecule has 1 aromatic carbocycles. The first-order chi connectivity index (χ1) is 8.63. The van der Waals surface area contributed by atoms with Crippen molar-refractivity contribution >= 4 is 23.2 Å². The van der Waals surface area contributed by atoms with Gasteiger partial charge in [-0.15, -0.1) is 0 Å². The van der Waals surface area contributed by atoms with E-state index in [2.05, 4.69) is 4.98 Å². The molecule has 0 unspecified atom stereocenters. The van der Waals surface area contributed by atoms with Crippen LogP contribution < -0.4 is 0 Å². The molecule has 0 saturated heterocycles. The molecular formula is C13H14Cl2N2O. The van der Waals surface area contributed by atoms with E-state index in [-0.39, 0.29) is 0 Å². The van der Waals surface area contributed by atoms with E-state index in [1.807, 2.05) is 23.8 Å². The van der Waals surface area contributed by atoms with Gasteiger partial charge in [0.2, 0.25) is 0 Å². The summed E-state index contributed by atoms with van der Waals surface area (Å²) in [7, 11) is 0. The highest BCUT2D eigenvalue weighted by atomic mass is 35.5. The van der Waals surface area contributed by atoms with Gasteiger partial charge in [0.05, 0.1) is 6.54 Å². The number of hydrogen-bond donors (Lipinski definition) is 1. The maximum atomic E-state index is 9.87. The molecule has 0 fully saturated rings. The highest BCUT2D eigenvalue weighted by molar-refractivity contribution is 6.35. The van der Waals surface area contributed by atoms with Crippen molar-refractivity contribution in [3.8, 4) is 0 Å². The Kier molecular flexibility index (Phi) is 4.27. The number of hydrogen-bond acceptors (Lipinski definition) is 2. The Morgan fingerprint density at radius 2 is 2.00 bits per heavy atom. The van der Waals surface area contributed by atoms with Gasteiger partial charge in [-0.2, -0.15) is 0 Å². The van der Waals surface area contributed by atoms with Crippen LogP contribution in [0.1, 0.15) is 30.8 Å². The minimum atomic E-state index is -0.568. The molecule has 0 bridgehead atoms. The smallest absolute Gasteiger partial charge is 0.137 e. The fourth-order valence-electron chi connectivity index (χ4n) is 1.79. The molecule has 0 amide bonds. The molecule has 1 N–H and O–H groups in total. The van der Waals surface area contributed by atoms with E-state index in [0.717, 1.165) is 5.56 Å². The van der Waals surface area contributed by atoms with Gasteiger partial charge in [-0.3, -0.25) is 0 Å². The van der Waals surface area contributed by atoms with E-state index in [4.69, 9.17) is 23.2 Å². The second-order valence-electron chi connectivity index (χ2n) is 4.04. The number of halogens is 2. The minimum absolute atomic E-state index is 0.505. The van der Waals surface area contributed by atoms with Crippen molar-refractivity contribution in [2.45, 2.75) is 26.0 Å². The second kappa shape index (κ2) is 5.74. The topological polar surface area (TPSA) is 38.1 Å². The average Bonchev–Trinajstić information content (AvgIpc) is 2.81. The third-order valence-corrected chi connectivity index (χ3v) is 3.53. The standard InChI is InChI=1S/C13H14Cl2N2O/c1-2-12(18)13-16-6-7-17(13)8-9-10(14)4-3-5-11(9)15/h3-7,12,18H,2,8H2,1H3/t12-/m1/s1. The molecule has 18 heavy (non-hydrogen) atoms. The van der Waals surface area contributed by atoms with Gasteiger partial charge in [0.1, 0.15) is 11.9 Å². The zero-order valence-electron chi connectivity index (χ0n) is 9.98. The summed E-state index contributed by atoms with van der Waals surface area (Å²) in [5, 5.41) is 11.1. The van der Waals surface area contributed by atoms with Crippen LogP contribution in [0, 0.1) is 0 Å². The van der Waals surface area contributed by atoms with Crippen LogP contribution in [0.5, 0.6) is 0 Å². The first kappa shape index (κ1) is 13.4. The summed E-state index contributed by atoms with van der Waals surface area (Å²) >= 11 is 12.3. The third kappa shape index (κ3) is 2.69. The van der Waals surface area contributed by atoms with Gasteiger partial charge in [-0.25, -0.2) is 4.98 Å². The summed E-state index contributed by atoms with van der Waals surface area (Å²) in [6, 6.07) is 5.41. The number of benzene rings is 1. The first-order valence-corrected chi connectivity index (χ1v) is 6.51. The Balaban J connectivity index is 2.32. The number of nitrogens with zero attached hydrogens (tertiary/aromatic N) is 2. The van der Waals surface area contributed by atoms with Crippen molar-refractivity contribution in [1.29, 1.82) is 0 Å². The normalized spacial score (nSPS) is 12.7. The van der Waals surface area contributed by atoms with Crippen LogP contribution in [0.2, 0.25) is 10.0 Å². The molecule has 0 aliphatic carbocycles. The van der Waals surface area contributed by atoms with Crippen molar-refractivity contribution in [1.82, 2.24) is 9.55 Å². The fraction of sp³-hybridized carbons (Fsp3) is 0.308. The van der Waals surface area contributed by atoms with E-state index in [1.54, 1.807) is 18.3 Å². The Hall–Kier alpha value is -1.03. The maximum absolute atomic E-state index is 9.87. The SMILES string of the molecule is CC[C@@H](O)c1nccn1Cc1c(Cl)cccc1Cl. The van der Waals surface area contributed by atoms with Gasteiger partial charge in [-0.05, 0) is 18.6 Å².